The van der Waals surface area contributed by atoms with Gasteiger partial charge in [-0.1, -0.05) is 11.8 Å². The van der Waals surface area contributed by atoms with Gasteiger partial charge in [-0.25, -0.2) is 4.79 Å². The van der Waals surface area contributed by atoms with E-state index in [1.165, 1.54) is 0 Å². The number of thioether (sulfide) groups is 1. The van der Waals surface area contributed by atoms with Gasteiger partial charge in [-0.3, -0.25) is 10.3 Å². The van der Waals surface area contributed by atoms with Gasteiger partial charge in [0, 0.05) is 31.2 Å². The Hall–Kier alpha value is -1.69. The number of aliphatic imine (C=N–C) groups is 1. The van der Waals surface area contributed by atoms with Crippen LogP contribution in [0, 0.1) is 0 Å². The molecule has 0 aliphatic carbocycles. The lowest BCUT2D eigenvalue weighted by Gasteiger charge is -2.13. The third-order valence-electron chi connectivity index (χ3n) is 2.45. The Morgan fingerprint density at radius 3 is 2.56 bits per heavy atom. The second-order valence-corrected chi connectivity index (χ2v) is 5.14. The molecule has 6 heteroatoms. The fraction of sp³-hybridized carbons (Fsp3) is 0.333. The predicted octanol–water partition coefficient (Wildman–Crippen LogP) is 1.98. The van der Waals surface area contributed by atoms with Gasteiger partial charge >= 0.3 is 6.03 Å². The Balaban J connectivity index is 1.90. The molecule has 0 unspecified atom stereocenters. The molecule has 0 aromatic heterocycles. The first kappa shape index (κ1) is 12.8. The van der Waals surface area contributed by atoms with Crippen molar-refractivity contribution < 1.29 is 4.79 Å². The Kier molecular flexibility index (Phi) is 4.09. The van der Waals surface area contributed by atoms with Crippen LogP contribution < -0.4 is 15.5 Å². The Morgan fingerprint density at radius 2 is 2.00 bits per heavy atom. The zero-order valence-electron chi connectivity index (χ0n) is 10.4. The second-order valence-electron chi connectivity index (χ2n) is 4.06. The van der Waals surface area contributed by atoms with Crippen LogP contribution >= 0.6 is 11.8 Å². The molecule has 2 rings (SSSR count). The van der Waals surface area contributed by atoms with Crippen molar-refractivity contribution >= 4 is 34.3 Å². The largest absolute Gasteiger partial charge is 0.378 e. The Morgan fingerprint density at radius 1 is 1.28 bits per heavy atom. The molecule has 2 amide bonds. The van der Waals surface area contributed by atoms with Crippen LogP contribution in [0.15, 0.2) is 29.3 Å². The van der Waals surface area contributed by atoms with Gasteiger partial charge in [0.1, 0.15) is 0 Å². The predicted molar refractivity (Wildman–Crippen MR) is 77.7 cm³/mol. The van der Waals surface area contributed by atoms with Gasteiger partial charge in [0.2, 0.25) is 0 Å². The normalized spacial score (nSPS) is 14.0. The highest BCUT2D eigenvalue weighted by Gasteiger charge is 2.10. The van der Waals surface area contributed by atoms with E-state index in [1.807, 2.05) is 43.3 Å². The molecule has 2 N–H and O–H groups in total. The monoisotopic (exact) mass is 264 g/mol. The summed E-state index contributed by atoms with van der Waals surface area (Å²) < 4.78 is 0. The van der Waals surface area contributed by atoms with E-state index in [1.54, 1.807) is 11.8 Å². The number of nitrogens with zero attached hydrogens (tertiary/aromatic N) is 2. The molecule has 1 heterocycles. The van der Waals surface area contributed by atoms with Gasteiger partial charge < -0.3 is 10.2 Å². The third-order valence-corrected chi connectivity index (χ3v) is 3.34. The average Bonchev–Trinajstić information content (AvgIpc) is 2.82. The molecule has 0 spiro atoms. The maximum absolute atomic E-state index is 11.7. The number of amides is 2. The summed E-state index contributed by atoms with van der Waals surface area (Å²) in [5.74, 6) is 0.938. The molecule has 18 heavy (non-hydrogen) atoms. The fourth-order valence-electron chi connectivity index (χ4n) is 1.51. The molecule has 1 aliphatic heterocycles. The lowest BCUT2D eigenvalue weighted by atomic mass is 10.2. The van der Waals surface area contributed by atoms with E-state index >= 15 is 0 Å². The highest BCUT2D eigenvalue weighted by Crippen LogP contribution is 2.15. The molecule has 0 radical (unpaired) electrons. The molecule has 0 saturated heterocycles. The smallest absolute Gasteiger partial charge is 0.325 e. The molecular formula is C12H16N4OS. The Bertz CT molecular complexity index is 456. The van der Waals surface area contributed by atoms with Crippen molar-refractivity contribution in [3.8, 4) is 0 Å². The molecule has 0 atom stereocenters. The van der Waals surface area contributed by atoms with Crippen LogP contribution in [0.5, 0.6) is 0 Å². The van der Waals surface area contributed by atoms with Crippen molar-refractivity contribution in [3.63, 3.8) is 0 Å². The van der Waals surface area contributed by atoms with E-state index < -0.39 is 0 Å². The summed E-state index contributed by atoms with van der Waals surface area (Å²) in [6, 6.07) is 7.41. The zero-order valence-corrected chi connectivity index (χ0v) is 11.3. The molecule has 1 aliphatic rings. The number of anilines is 2. The summed E-state index contributed by atoms with van der Waals surface area (Å²) >= 11 is 1.56. The van der Waals surface area contributed by atoms with Gasteiger partial charge in [0.15, 0.2) is 5.17 Å². The van der Waals surface area contributed by atoms with E-state index in [-0.39, 0.29) is 6.03 Å². The SMILES string of the molecule is CN(C)c1ccc(NC(=O)NC2=NCCS2)cc1. The van der Waals surface area contributed by atoms with Gasteiger partial charge in [-0.05, 0) is 24.3 Å². The van der Waals surface area contributed by atoms with E-state index in [4.69, 9.17) is 0 Å². The molecule has 0 bridgehead atoms. The summed E-state index contributed by atoms with van der Waals surface area (Å²) in [5.41, 5.74) is 1.86. The number of rotatable bonds is 2. The molecule has 1 aromatic carbocycles. The summed E-state index contributed by atoms with van der Waals surface area (Å²) in [6.45, 7) is 0.776. The van der Waals surface area contributed by atoms with Crippen molar-refractivity contribution in [1.82, 2.24) is 5.32 Å². The number of hydrogen-bond donors (Lipinski definition) is 2. The van der Waals surface area contributed by atoms with Crippen LogP contribution in [-0.2, 0) is 0 Å². The summed E-state index contributed by atoms with van der Waals surface area (Å²) in [4.78, 5) is 17.8. The van der Waals surface area contributed by atoms with Gasteiger partial charge in [-0.2, -0.15) is 0 Å². The van der Waals surface area contributed by atoms with Crippen molar-refractivity contribution in [2.24, 2.45) is 4.99 Å². The minimum absolute atomic E-state index is 0.249. The summed E-state index contributed by atoms with van der Waals surface area (Å²) in [7, 11) is 3.95. The number of hydrogen-bond acceptors (Lipinski definition) is 4. The first-order chi connectivity index (χ1) is 8.65. The zero-order chi connectivity index (χ0) is 13.0. The van der Waals surface area contributed by atoms with Crippen LogP contribution in [0.25, 0.3) is 0 Å². The maximum Gasteiger partial charge on any atom is 0.325 e. The number of benzene rings is 1. The lowest BCUT2D eigenvalue weighted by Crippen LogP contribution is -2.31. The van der Waals surface area contributed by atoms with E-state index in [0.717, 1.165) is 23.7 Å². The summed E-state index contributed by atoms with van der Waals surface area (Å²) in [5, 5.41) is 6.18. The van der Waals surface area contributed by atoms with Crippen molar-refractivity contribution in [2.75, 3.05) is 36.6 Å². The van der Waals surface area contributed by atoms with Crippen LogP contribution in [-0.4, -0.2) is 37.6 Å². The van der Waals surface area contributed by atoms with Gasteiger partial charge in [-0.15, -0.1) is 0 Å². The number of urea groups is 1. The third kappa shape index (κ3) is 3.40. The molecule has 96 valence electrons. The van der Waals surface area contributed by atoms with E-state index in [2.05, 4.69) is 15.6 Å². The number of nitrogens with one attached hydrogen (secondary N) is 2. The second kappa shape index (κ2) is 5.77. The highest BCUT2D eigenvalue weighted by molar-refractivity contribution is 8.14. The van der Waals surface area contributed by atoms with E-state index in [0.29, 0.717) is 5.17 Å². The molecule has 0 saturated carbocycles. The first-order valence-corrected chi connectivity index (χ1v) is 6.66. The number of carbonyl (C=O) groups is 1. The van der Waals surface area contributed by atoms with E-state index in [9.17, 15) is 4.79 Å². The lowest BCUT2D eigenvalue weighted by molar-refractivity contribution is 0.256. The van der Waals surface area contributed by atoms with Gasteiger partial charge in [0.25, 0.3) is 0 Å². The topological polar surface area (TPSA) is 56.7 Å². The first-order valence-electron chi connectivity index (χ1n) is 5.68. The Labute approximate surface area is 111 Å². The average molecular weight is 264 g/mol. The molecular weight excluding hydrogens is 248 g/mol. The standard InChI is InChI=1S/C12H16N4OS/c1-16(2)10-5-3-9(4-6-10)14-11(17)15-12-13-7-8-18-12/h3-6H,7-8H2,1-2H3,(H2,13,14,15,17). The fourth-order valence-corrected chi connectivity index (χ4v) is 2.24. The van der Waals surface area contributed by atoms with Crippen molar-refractivity contribution in [3.05, 3.63) is 24.3 Å². The van der Waals surface area contributed by atoms with Crippen LogP contribution in [0.3, 0.4) is 0 Å². The van der Waals surface area contributed by atoms with Crippen LogP contribution in [0.2, 0.25) is 0 Å². The highest BCUT2D eigenvalue weighted by atomic mass is 32.2. The number of carbonyl (C=O) groups excluding carboxylic acids is 1. The summed E-state index contributed by atoms with van der Waals surface area (Å²) in [6.07, 6.45) is 0. The van der Waals surface area contributed by atoms with Crippen molar-refractivity contribution in [1.29, 1.82) is 0 Å². The quantitative estimate of drug-likeness (QED) is 0.858. The molecule has 5 nitrogen and oxygen atoms in total. The molecule has 0 fully saturated rings. The minimum Gasteiger partial charge on any atom is -0.378 e. The van der Waals surface area contributed by atoms with Crippen LogP contribution in [0.1, 0.15) is 0 Å². The molecule has 1 aromatic rings. The number of amidine groups is 1. The van der Waals surface area contributed by atoms with Crippen LogP contribution in [0.4, 0.5) is 16.2 Å². The maximum atomic E-state index is 11.7. The van der Waals surface area contributed by atoms with Gasteiger partial charge in [0.05, 0.1) is 6.54 Å². The van der Waals surface area contributed by atoms with Crippen molar-refractivity contribution in [2.45, 2.75) is 0 Å². The minimum atomic E-state index is -0.249.